The zero-order chi connectivity index (χ0) is 16.4. The van der Waals surface area contributed by atoms with Gasteiger partial charge in [-0.2, -0.15) is 0 Å². The lowest BCUT2D eigenvalue weighted by atomic mass is 10.2. The molecule has 6 nitrogen and oxygen atoms in total. The molecule has 0 saturated carbocycles. The zero-order valence-corrected chi connectivity index (χ0v) is 13.5. The second-order valence-electron chi connectivity index (χ2n) is 6.10. The SMILES string of the molecule is COc1cccc2c(=O)[nH]c(CCC(=O)N3CCC(C)C3)nc12. The van der Waals surface area contributed by atoms with Gasteiger partial charge in [-0.3, -0.25) is 9.59 Å². The average molecular weight is 315 g/mol. The van der Waals surface area contributed by atoms with Crippen LogP contribution in [0.3, 0.4) is 0 Å². The van der Waals surface area contributed by atoms with E-state index in [1.165, 1.54) is 0 Å². The number of carbonyl (C=O) groups excluding carboxylic acids is 1. The summed E-state index contributed by atoms with van der Waals surface area (Å²) < 4.78 is 5.27. The molecule has 6 heteroatoms. The topological polar surface area (TPSA) is 75.3 Å². The normalized spacial score (nSPS) is 17.7. The van der Waals surface area contributed by atoms with E-state index in [9.17, 15) is 9.59 Å². The molecule has 1 fully saturated rings. The van der Waals surface area contributed by atoms with Crippen LogP contribution in [0, 0.1) is 5.92 Å². The Morgan fingerprint density at radius 2 is 2.30 bits per heavy atom. The highest BCUT2D eigenvalue weighted by atomic mass is 16.5. The standard InChI is InChI=1S/C17H21N3O3/c1-11-8-9-20(10-11)15(21)7-6-14-18-16-12(17(22)19-14)4-3-5-13(16)23-2/h3-5,11H,6-10H2,1-2H3,(H,18,19,22). The Hall–Kier alpha value is -2.37. The van der Waals surface area contributed by atoms with Crippen molar-refractivity contribution >= 4 is 16.8 Å². The van der Waals surface area contributed by atoms with Gasteiger partial charge in [-0.15, -0.1) is 0 Å². The Morgan fingerprint density at radius 3 is 3.00 bits per heavy atom. The first-order chi connectivity index (χ1) is 11.1. The Morgan fingerprint density at radius 1 is 1.48 bits per heavy atom. The van der Waals surface area contributed by atoms with E-state index < -0.39 is 0 Å². The Labute approximate surface area is 134 Å². The number of ether oxygens (including phenoxy) is 1. The molecule has 1 atom stereocenters. The first-order valence-electron chi connectivity index (χ1n) is 7.92. The number of amides is 1. The van der Waals surface area contributed by atoms with Gasteiger partial charge in [-0.05, 0) is 24.5 Å². The van der Waals surface area contributed by atoms with Crippen LogP contribution in [-0.4, -0.2) is 41.0 Å². The van der Waals surface area contributed by atoms with E-state index in [2.05, 4.69) is 16.9 Å². The molecular formula is C17H21N3O3. The number of nitrogens with one attached hydrogen (secondary N) is 1. The van der Waals surface area contributed by atoms with E-state index in [-0.39, 0.29) is 11.5 Å². The third-order valence-electron chi connectivity index (χ3n) is 4.32. The molecule has 2 aromatic rings. The van der Waals surface area contributed by atoms with Crippen LogP contribution in [0.5, 0.6) is 5.75 Å². The van der Waals surface area contributed by atoms with Gasteiger partial charge >= 0.3 is 0 Å². The van der Waals surface area contributed by atoms with Gasteiger partial charge in [0.05, 0.1) is 12.5 Å². The number of fused-ring (bicyclic) bond motifs is 1. The molecule has 2 heterocycles. The lowest BCUT2D eigenvalue weighted by Gasteiger charge is -2.15. The lowest BCUT2D eigenvalue weighted by molar-refractivity contribution is -0.130. The van der Waals surface area contributed by atoms with Crippen LogP contribution in [0.1, 0.15) is 25.6 Å². The number of aromatic nitrogens is 2. The first kappa shape index (κ1) is 15.5. The van der Waals surface area contributed by atoms with E-state index in [1.807, 2.05) is 4.90 Å². The number of aromatic amines is 1. The summed E-state index contributed by atoms with van der Waals surface area (Å²) in [7, 11) is 1.55. The molecule has 1 unspecified atom stereocenters. The third kappa shape index (κ3) is 3.21. The smallest absolute Gasteiger partial charge is 0.258 e. The Kier molecular flexibility index (Phi) is 4.32. The van der Waals surface area contributed by atoms with Crippen LogP contribution < -0.4 is 10.3 Å². The van der Waals surface area contributed by atoms with Crippen molar-refractivity contribution < 1.29 is 9.53 Å². The molecule has 122 valence electrons. The van der Waals surface area contributed by atoms with E-state index in [1.54, 1.807) is 25.3 Å². The number of hydrogen-bond donors (Lipinski definition) is 1. The van der Waals surface area contributed by atoms with Crippen molar-refractivity contribution in [1.29, 1.82) is 0 Å². The van der Waals surface area contributed by atoms with Crippen LogP contribution in [0.15, 0.2) is 23.0 Å². The summed E-state index contributed by atoms with van der Waals surface area (Å²) in [5.41, 5.74) is 0.335. The van der Waals surface area contributed by atoms with E-state index in [0.717, 1.165) is 19.5 Å². The van der Waals surface area contributed by atoms with Crippen LogP contribution in [0.25, 0.3) is 10.9 Å². The molecule has 23 heavy (non-hydrogen) atoms. The second-order valence-corrected chi connectivity index (χ2v) is 6.10. The summed E-state index contributed by atoms with van der Waals surface area (Å²) in [6, 6.07) is 5.25. The molecular weight excluding hydrogens is 294 g/mol. The number of nitrogens with zero attached hydrogens (tertiary/aromatic N) is 2. The van der Waals surface area contributed by atoms with Gasteiger partial charge in [-0.25, -0.2) is 4.98 Å². The highest BCUT2D eigenvalue weighted by Gasteiger charge is 2.23. The van der Waals surface area contributed by atoms with Gasteiger partial charge in [0.1, 0.15) is 17.1 Å². The molecule has 3 rings (SSSR count). The number of carbonyl (C=O) groups is 1. The van der Waals surface area contributed by atoms with Crippen molar-refractivity contribution in [1.82, 2.24) is 14.9 Å². The molecule has 0 bridgehead atoms. The summed E-state index contributed by atoms with van der Waals surface area (Å²) in [5, 5.41) is 0.493. The number of methoxy groups -OCH3 is 1. The quantitative estimate of drug-likeness (QED) is 0.932. The number of H-pyrrole nitrogens is 1. The summed E-state index contributed by atoms with van der Waals surface area (Å²) in [6.07, 6.45) is 1.84. The maximum Gasteiger partial charge on any atom is 0.258 e. The van der Waals surface area contributed by atoms with E-state index in [4.69, 9.17) is 4.74 Å². The number of benzene rings is 1. The van der Waals surface area contributed by atoms with Crippen LogP contribution in [0.4, 0.5) is 0 Å². The summed E-state index contributed by atoms with van der Waals surface area (Å²) >= 11 is 0. The second kappa shape index (κ2) is 6.40. The summed E-state index contributed by atoms with van der Waals surface area (Å²) in [4.78, 5) is 33.5. The molecule has 1 aromatic heterocycles. The average Bonchev–Trinajstić information content (AvgIpc) is 2.99. The maximum atomic E-state index is 12.2. The van der Waals surface area contributed by atoms with Crippen molar-refractivity contribution in [2.75, 3.05) is 20.2 Å². The fraction of sp³-hybridized carbons (Fsp3) is 0.471. The highest BCUT2D eigenvalue weighted by Crippen LogP contribution is 2.21. The number of likely N-dealkylation sites (tertiary alicyclic amines) is 1. The molecule has 1 amide bonds. The number of rotatable bonds is 4. The zero-order valence-electron chi connectivity index (χ0n) is 13.5. The maximum absolute atomic E-state index is 12.2. The predicted octanol–water partition coefficient (Wildman–Crippen LogP) is 1.73. The number of aryl methyl sites for hydroxylation is 1. The molecule has 0 radical (unpaired) electrons. The Balaban J connectivity index is 1.78. The summed E-state index contributed by atoms with van der Waals surface area (Å²) in [6.45, 7) is 3.81. The molecule has 0 aliphatic carbocycles. The van der Waals surface area contributed by atoms with Gasteiger partial charge in [-0.1, -0.05) is 13.0 Å². The van der Waals surface area contributed by atoms with E-state index in [0.29, 0.717) is 41.2 Å². The molecule has 1 aliphatic rings. The van der Waals surface area contributed by atoms with E-state index >= 15 is 0 Å². The minimum atomic E-state index is -0.203. The molecule has 1 saturated heterocycles. The minimum absolute atomic E-state index is 0.122. The van der Waals surface area contributed by atoms with Crippen LogP contribution in [0.2, 0.25) is 0 Å². The molecule has 1 N–H and O–H groups in total. The lowest BCUT2D eigenvalue weighted by Crippen LogP contribution is -2.29. The molecule has 0 spiro atoms. The van der Waals surface area contributed by atoms with Crippen molar-refractivity contribution in [3.8, 4) is 5.75 Å². The first-order valence-corrected chi connectivity index (χ1v) is 7.92. The van der Waals surface area contributed by atoms with Gasteiger partial charge in [0.15, 0.2) is 0 Å². The van der Waals surface area contributed by atoms with Gasteiger partial charge < -0.3 is 14.6 Å². The minimum Gasteiger partial charge on any atom is -0.494 e. The van der Waals surface area contributed by atoms with Crippen LogP contribution >= 0.6 is 0 Å². The van der Waals surface area contributed by atoms with Crippen LogP contribution in [-0.2, 0) is 11.2 Å². The van der Waals surface area contributed by atoms with Crippen molar-refractivity contribution in [2.24, 2.45) is 5.92 Å². The third-order valence-corrected chi connectivity index (χ3v) is 4.32. The van der Waals surface area contributed by atoms with Gasteiger partial charge in [0.25, 0.3) is 5.56 Å². The number of para-hydroxylation sites is 1. The van der Waals surface area contributed by atoms with Crippen molar-refractivity contribution in [2.45, 2.75) is 26.2 Å². The molecule has 1 aliphatic heterocycles. The summed E-state index contributed by atoms with van der Waals surface area (Å²) in [5.74, 6) is 1.78. The largest absolute Gasteiger partial charge is 0.494 e. The van der Waals surface area contributed by atoms with Gasteiger partial charge in [0.2, 0.25) is 5.91 Å². The monoisotopic (exact) mass is 315 g/mol. The predicted molar refractivity (Wildman–Crippen MR) is 87.6 cm³/mol. The van der Waals surface area contributed by atoms with Gasteiger partial charge in [0, 0.05) is 25.9 Å². The highest BCUT2D eigenvalue weighted by molar-refractivity contribution is 5.83. The fourth-order valence-electron chi connectivity index (χ4n) is 3.01. The van der Waals surface area contributed by atoms with Crippen molar-refractivity contribution in [3.05, 3.63) is 34.4 Å². The Bertz CT molecular complexity index is 784. The number of hydrogen-bond acceptors (Lipinski definition) is 4. The molecule has 1 aromatic carbocycles. The fourth-order valence-corrected chi connectivity index (χ4v) is 3.01. The van der Waals surface area contributed by atoms with Crippen molar-refractivity contribution in [3.63, 3.8) is 0 Å².